The van der Waals surface area contributed by atoms with Gasteiger partial charge in [0, 0.05) is 31.8 Å². The first-order valence-electron chi connectivity index (χ1n) is 9.41. The molecule has 2 N–H and O–H groups in total. The van der Waals surface area contributed by atoms with E-state index >= 15 is 0 Å². The molecule has 2 rings (SSSR count). The minimum atomic E-state index is -0.796. The number of nitrogens with one attached hydrogen (secondary N) is 1. The van der Waals surface area contributed by atoms with Gasteiger partial charge in [-0.15, -0.1) is 0 Å². The third-order valence-electron chi connectivity index (χ3n) is 4.20. The van der Waals surface area contributed by atoms with E-state index in [1.165, 1.54) is 0 Å². The van der Waals surface area contributed by atoms with E-state index in [4.69, 9.17) is 5.11 Å². The number of hydrogen-bond acceptors (Lipinski definition) is 3. The lowest BCUT2D eigenvalue weighted by molar-refractivity contribution is -0.137. The molecule has 1 aromatic heterocycles. The standard InChI is InChI=1S/C22H28N2O3/c1-16(2)10-21(25)24-9-7-18-11-17(5-6-22(26)27)12-20(13-18)14-19-4-3-8-23-15-19/h3-4,8,11-13,15-16H,5-7,9-10,14H2,1-2H3,(H,24,25)(H,26,27). The number of carbonyl (C=O) groups is 2. The molecule has 1 aromatic carbocycles. The molecule has 27 heavy (non-hydrogen) atoms. The summed E-state index contributed by atoms with van der Waals surface area (Å²) in [6, 6.07) is 10.2. The van der Waals surface area contributed by atoms with E-state index < -0.39 is 5.97 Å². The quantitative estimate of drug-likeness (QED) is 0.674. The number of amides is 1. The number of aliphatic carboxylic acids is 1. The second kappa shape index (κ2) is 10.5. The number of hydrogen-bond donors (Lipinski definition) is 2. The highest BCUT2D eigenvalue weighted by Gasteiger charge is 2.07. The van der Waals surface area contributed by atoms with Crippen LogP contribution in [0.25, 0.3) is 0 Å². The molecule has 1 heterocycles. The van der Waals surface area contributed by atoms with Gasteiger partial charge in [-0.25, -0.2) is 0 Å². The van der Waals surface area contributed by atoms with Gasteiger partial charge in [0.25, 0.3) is 0 Å². The Morgan fingerprint density at radius 1 is 1.07 bits per heavy atom. The molecular weight excluding hydrogens is 340 g/mol. The largest absolute Gasteiger partial charge is 0.481 e. The predicted octanol–water partition coefficient (Wildman–Crippen LogP) is 3.39. The summed E-state index contributed by atoms with van der Waals surface area (Å²) >= 11 is 0. The molecule has 2 aromatic rings. The van der Waals surface area contributed by atoms with Gasteiger partial charge in [0.05, 0.1) is 0 Å². The zero-order valence-corrected chi connectivity index (χ0v) is 16.1. The van der Waals surface area contributed by atoms with Gasteiger partial charge in [-0.05, 0) is 53.5 Å². The van der Waals surface area contributed by atoms with E-state index in [1.54, 1.807) is 6.20 Å². The first-order chi connectivity index (χ1) is 12.9. The molecule has 0 radical (unpaired) electrons. The Bertz CT molecular complexity index is 757. The van der Waals surface area contributed by atoms with Gasteiger partial charge in [0.15, 0.2) is 0 Å². The fourth-order valence-electron chi connectivity index (χ4n) is 3.01. The predicted molar refractivity (Wildman–Crippen MR) is 106 cm³/mol. The molecular formula is C22H28N2O3. The second-order valence-corrected chi connectivity index (χ2v) is 7.29. The average Bonchev–Trinajstić information content (AvgIpc) is 2.60. The van der Waals surface area contributed by atoms with Crippen molar-refractivity contribution in [1.82, 2.24) is 10.3 Å². The van der Waals surface area contributed by atoms with Crippen molar-refractivity contribution in [3.05, 3.63) is 65.0 Å². The van der Waals surface area contributed by atoms with Crippen LogP contribution in [0, 0.1) is 5.92 Å². The molecule has 0 saturated carbocycles. The van der Waals surface area contributed by atoms with Crippen molar-refractivity contribution in [2.45, 2.75) is 46.0 Å². The molecule has 5 heteroatoms. The van der Waals surface area contributed by atoms with E-state index in [9.17, 15) is 9.59 Å². The van der Waals surface area contributed by atoms with Gasteiger partial charge >= 0.3 is 5.97 Å². The number of nitrogens with zero attached hydrogens (tertiary/aromatic N) is 1. The Morgan fingerprint density at radius 3 is 2.41 bits per heavy atom. The topological polar surface area (TPSA) is 79.3 Å². The number of rotatable bonds is 10. The first kappa shape index (κ1) is 20.6. The molecule has 0 spiro atoms. The van der Waals surface area contributed by atoms with Crippen molar-refractivity contribution >= 4 is 11.9 Å². The van der Waals surface area contributed by atoms with E-state index in [2.05, 4.69) is 22.4 Å². The summed E-state index contributed by atoms with van der Waals surface area (Å²) in [5.41, 5.74) is 4.38. The summed E-state index contributed by atoms with van der Waals surface area (Å²) in [7, 11) is 0. The fourth-order valence-corrected chi connectivity index (χ4v) is 3.01. The van der Waals surface area contributed by atoms with E-state index in [-0.39, 0.29) is 12.3 Å². The third-order valence-corrected chi connectivity index (χ3v) is 4.20. The van der Waals surface area contributed by atoms with Crippen molar-refractivity contribution in [3.8, 4) is 0 Å². The van der Waals surface area contributed by atoms with Crippen LogP contribution < -0.4 is 5.32 Å². The van der Waals surface area contributed by atoms with E-state index in [0.29, 0.717) is 25.3 Å². The number of benzene rings is 1. The van der Waals surface area contributed by atoms with Gasteiger partial charge < -0.3 is 10.4 Å². The highest BCUT2D eigenvalue weighted by Crippen LogP contribution is 2.16. The Labute approximate surface area is 160 Å². The molecule has 144 valence electrons. The molecule has 0 bridgehead atoms. The molecule has 5 nitrogen and oxygen atoms in total. The summed E-state index contributed by atoms with van der Waals surface area (Å²) in [5.74, 6) is -0.381. The highest BCUT2D eigenvalue weighted by atomic mass is 16.4. The normalized spacial score (nSPS) is 10.8. The van der Waals surface area contributed by atoms with Gasteiger partial charge in [-0.1, -0.05) is 38.1 Å². The van der Waals surface area contributed by atoms with Gasteiger partial charge in [-0.3, -0.25) is 14.6 Å². The van der Waals surface area contributed by atoms with Crippen LogP contribution in [0.5, 0.6) is 0 Å². The van der Waals surface area contributed by atoms with Gasteiger partial charge in [0.2, 0.25) is 5.91 Å². The number of aromatic nitrogens is 1. The van der Waals surface area contributed by atoms with Crippen molar-refractivity contribution in [1.29, 1.82) is 0 Å². The number of carbonyl (C=O) groups excluding carboxylic acids is 1. The highest BCUT2D eigenvalue weighted by molar-refractivity contribution is 5.76. The Kier molecular flexibility index (Phi) is 7.99. The van der Waals surface area contributed by atoms with Crippen LogP contribution in [0.1, 0.15) is 48.9 Å². The zero-order valence-electron chi connectivity index (χ0n) is 16.1. The van der Waals surface area contributed by atoms with Crippen molar-refractivity contribution in [2.75, 3.05) is 6.54 Å². The van der Waals surface area contributed by atoms with Gasteiger partial charge in [-0.2, -0.15) is 0 Å². The first-order valence-corrected chi connectivity index (χ1v) is 9.41. The second-order valence-electron chi connectivity index (χ2n) is 7.29. The lowest BCUT2D eigenvalue weighted by Crippen LogP contribution is -2.26. The number of carboxylic acids is 1. The SMILES string of the molecule is CC(C)CC(=O)NCCc1cc(CCC(=O)O)cc(Cc2cccnc2)c1. The molecule has 0 atom stereocenters. The van der Waals surface area contributed by atoms with Crippen LogP contribution in [0.2, 0.25) is 0 Å². The molecule has 0 fully saturated rings. The zero-order chi connectivity index (χ0) is 19.6. The molecule has 0 aliphatic rings. The molecule has 0 aliphatic heterocycles. The molecule has 0 saturated heterocycles. The van der Waals surface area contributed by atoms with Crippen LogP contribution in [0.15, 0.2) is 42.7 Å². The van der Waals surface area contributed by atoms with Gasteiger partial charge in [0.1, 0.15) is 0 Å². The van der Waals surface area contributed by atoms with Crippen molar-refractivity contribution in [2.24, 2.45) is 5.92 Å². The summed E-state index contributed by atoms with van der Waals surface area (Å²) in [6.07, 6.45) is 6.22. The number of aryl methyl sites for hydroxylation is 1. The van der Waals surface area contributed by atoms with Crippen LogP contribution in [0.3, 0.4) is 0 Å². The fraction of sp³-hybridized carbons (Fsp3) is 0.409. The number of carboxylic acid groups (broad SMARTS) is 1. The van der Waals surface area contributed by atoms with Crippen molar-refractivity contribution < 1.29 is 14.7 Å². The minimum Gasteiger partial charge on any atom is -0.481 e. The minimum absolute atomic E-state index is 0.0719. The Morgan fingerprint density at radius 2 is 1.78 bits per heavy atom. The maximum atomic E-state index is 11.8. The summed E-state index contributed by atoms with van der Waals surface area (Å²) in [5, 5.41) is 11.9. The molecule has 1 amide bonds. The lowest BCUT2D eigenvalue weighted by atomic mass is 9.97. The monoisotopic (exact) mass is 368 g/mol. The maximum Gasteiger partial charge on any atom is 0.303 e. The lowest BCUT2D eigenvalue weighted by Gasteiger charge is -2.11. The average molecular weight is 368 g/mol. The van der Waals surface area contributed by atoms with Crippen molar-refractivity contribution in [3.63, 3.8) is 0 Å². The van der Waals surface area contributed by atoms with Crippen LogP contribution in [-0.4, -0.2) is 28.5 Å². The smallest absolute Gasteiger partial charge is 0.303 e. The van der Waals surface area contributed by atoms with Crippen LogP contribution in [0.4, 0.5) is 0 Å². The summed E-state index contributed by atoms with van der Waals surface area (Å²) < 4.78 is 0. The molecule has 0 unspecified atom stereocenters. The van der Waals surface area contributed by atoms with E-state index in [1.807, 2.05) is 38.2 Å². The Hall–Kier alpha value is -2.69. The number of pyridine rings is 1. The van der Waals surface area contributed by atoms with Crippen LogP contribution >= 0.6 is 0 Å². The third kappa shape index (κ3) is 8.03. The van der Waals surface area contributed by atoms with Crippen LogP contribution in [-0.2, 0) is 28.9 Å². The maximum absolute atomic E-state index is 11.8. The molecule has 0 aliphatic carbocycles. The summed E-state index contributed by atoms with van der Waals surface area (Å²) in [6.45, 7) is 4.63. The Balaban J connectivity index is 2.07. The van der Waals surface area contributed by atoms with E-state index in [0.717, 1.165) is 35.1 Å². The summed E-state index contributed by atoms with van der Waals surface area (Å²) in [4.78, 5) is 26.9.